The van der Waals surface area contributed by atoms with Crippen LogP contribution in [0.15, 0.2) is 90.2 Å². The molecule has 1 amide bonds. The lowest BCUT2D eigenvalue weighted by molar-refractivity contribution is -0.113. The number of carbonyl (C=O) groups is 1. The van der Waals surface area contributed by atoms with E-state index in [4.69, 9.17) is 4.74 Å². The predicted molar refractivity (Wildman–Crippen MR) is 147 cm³/mol. The zero-order chi connectivity index (χ0) is 26.3. The summed E-state index contributed by atoms with van der Waals surface area (Å²) >= 11 is 1.28. The zero-order valence-corrected chi connectivity index (χ0v) is 21.9. The SMILES string of the molecule is Cc1cccc(-n2nnnc2SCC(=O)Nc2ccnn2Cc2ccc(OCc3ccccc3)cc2)c1C. The van der Waals surface area contributed by atoms with Crippen LogP contribution in [0.1, 0.15) is 22.3 Å². The van der Waals surface area contributed by atoms with Crippen molar-refractivity contribution in [3.63, 3.8) is 0 Å². The van der Waals surface area contributed by atoms with E-state index in [0.29, 0.717) is 24.1 Å². The highest BCUT2D eigenvalue weighted by Crippen LogP contribution is 2.23. The van der Waals surface area contributed by atoms with Crippen molar-refractivity contribution >= 4 is 23.5 Å². The molecule has 0 aliphatic carbocycles. The Hall–Kier alpha value is -4.44. The fourth-order valence-corrected chi connectivity index (χ4v) is 4.55. The molecule has 2 heterocycles. The average Bonchev–Trinajstić information content (AvgIpc) is 3.58. The summed E-state index contributed by atoms with van der Waals surface area (Å²) in [5.74, 6) is 1.40. The highest BCUT2D eigenvalue weighted by Gasteiger charge is 2.15. The second kappa shape index (κ2) is 11.7. The molecule has 0 unspecified atom stereocenters. The van der Waals surface area contributed by atoms with Crippen LogP contribution in [-0.2, 0) is 17.9 Å². The van der Waals surface area contributed by atoms with E-state index in [-0.39, 0.29) is 11.7 Å². The van der Waals surface area contributed by atoms with E-state index in [1.807, 2.05) is 86.6 Å². The first-order valence-electron chi connectivity index (χ1n) is 12.1. The Kier molecular flexibility index (Phi) is 7.79. The lowest BCUT2D eigenvalue weighted by atomic mass is 10.1. The molecule has 0 bridgehead atoms. The summed E-state index contributed by atoms with van der Waals surface area (Å²) in [6.45, 7) is 5.10. The third-order valence-electron chi connectivity index (χ3n) is 6.07. The molecule has 38 heavy (non-hydrogen) atoms. The molecule has 0 spiro atoms. The maximum atomic E-state index is 12.7. The lowest BCUT2D eigenvalue weighted by Gasteiger charge is -2.11. The van der Waals surface area contributed by atoms with Gasteiger partial charge >= 0.3 is 0 Å². The van der Waals surface area contributed by atoms with Gasteiger partial charge in [-0.3, -0.25) is 4.79 Å². The van der Waals surface area contributed by atoms with Gasteiger partial charge in [0.15, 0.2) is 0 Å². The fourth-order valence-electron chi connectivity index (χ4n) is 3.86. The van der Waals surface area contributed by atoms with E-state index in [1.165, 1.54) is 11.8 Å². The number of hydrogen-bond donors (Lipinski definition) is 1. The molecule has 0 radical (unpaired) electrons. The summed E-state index contributed by atoms with van der Waals surface area (Å²) in [5.41, 5.74) is 5.29. The number of aromatic nitrogens is 6. The fraction of sp³-hybridized carbons (Fsp3) is 0.179. The van der Waals surface area contributed by atoms with Crippen molar-refractivity contribution in [3.05, 3.63) is 107 Å². The molecule has 0 aliphatic rings. The van der Waals surface area contributed by atoms with Crippen LogP contribution in [0.25, 0.3) is 5.69 Å². The van der Waals surface area contributed by atoms with Gasteiger partial charge in [0.2, 0.25) is 11.1 Å². The first kappa shape index (κ1) is 25.2. The van der Waals surface area contributed by atoms with E-state index in [1.54, 1.807) is 21.6 Å². The minimum atomic E-state index is -0.170. The number of rotatable bonds is 10. The van der Waals surface area contributed by atoms with Gasteiger partial charge in [-0.15, -0.1) is 5.10 Å². The summed E-state index contributed by atoms with van der Waals surface area (Å²) in [7, 11) is 0. The van der Waals surface area contributed by atoms with E-state index < -0.39 is 0 Å². The van der Waals surface area contributed by atoms with E-state index in [2.05, 4.69) is 25.9 Å². The van der Waals surface area contributed by atoms with Crippen LogP contribution < -0.4 is 10.1 Å². The van der Waals surface area contributed by atoms with Gasteiger partial charge in [0, 0.05) is 6.07 Å². The first-order chi connectivity index (χ1) is 18.6. The van der Waals surface area contributed by atoms with Crippen LogP contribution in [0.5, 0.6) is 5.75 Å². The normalized spacial score (nSPS) is 10.9. The molecule has 5 rings (SSSR count). The van der Waals surface area contributed by atoms with Crippen LogP contribution in [0.3, 0.4) is 0 Å². The summed E-state index contributed by atoms with van der Waals surface area (Å²) in [6, 6.07) is 25.7. The number of hydrogen-bond acceptors (Lipinski definition) is 7. The van der Waals surface area contributed by atoms with Crippen molar-refractivity contribution in [1.82, 2.24) is 30.0 Å². The zero-order valence-electron chi connectivity index (χ0n) is 21.1. The second-order valence-corrected chi connectivity index (χ2v) is 9.66. The Morgan fingerprint density at radius 2 is 1.76 bits per heavy atom. The molecule has 0 saturated heterocycles. The maximum Gasteiger partial charge on any atom is 0.235 e. The number of carbonyl (C=O) groups excluding carboxylic acids is 1. The average molecular weight is 526 g/mol. The first-order valence-corrected chi connectivity index (χ1v) is 13.1. The smallest absolute Gasteiger partial charge is 0.235 e. The Morgan fingerprint density at radius 3 is 2.58 bits per heavy atom. The summed E-state index contributed by atoms with van der Waals surface area (Å²) in [6.07, 6.45) is 1.67. The van der Waals surface area contributed by atoms with Crippen LogP contribution in [0, 0.1) is 13.8 Å². The number of aryl methyl sites for hydroxylation is 1. The van der Waals surface area contributed by atoms with Gasteiger partial charge in [-0.25, -0.2) is 4.68 Å². The topological polar surface area (TPSA) is 99.8 Å². The molecule has 0 aliphatic heterocycles. The van der Waals surface area contributed by atoms with Crippen LogP contribution in [0.4, 0.5) is 5.82 Å². The van der Waals surface area contributed by atoms with Crippen molar-refractivity contribution in [3.8, 4) is 11.4 Å². The molecular formula is C28H27N7O2S. The van der Waals surface area contributed by atoms with Gasteiger partial charge in [-0.2, -0.15) is 9.78 Å². The van der Waals surface area contributed by atoms with E-state index >= 15 is 0 Å². The highest BCUT2D eigenvalue weighted by molar-refractivity contribution is 7.99. The van der Waals surface area contributed by atoms with Gasteiger partial charge in [0.1, 0.15) is 18.2 Å². The van der Waals surface area contributed by atoms with Crippen molar-refractivity contribution < 1.29 is 9.53 Å². The predicted octanol–water partition coefficient (Wildman–Crippen LogP) is 4.83. The van der Waals surface area contributed by atoms with Gasteiger partial charge in [0.25, 0.3) is 0 Å². The number of thioether (sulfide) groups is 1. The van der Waals surface area contributed by atoms with Crippen LogP contribution in [-0.4, -0.2) is 41.6 Å². The molecule has 9 nitrogen and oxygen atoms in total. The number of nitrogens with zero attached hydrogens (tertiary/aromatic N) is 6. The minimum absolute atomic E-state index is 0.157. The van der Waals surface area contributed by atoms with Crippen molar-refractivity contribution in [1.29, 1.82) is 0 Å². The number of tetrazole rings is 1. The molecular weight excluding hydrogens is 498 g/mol. The summed E-state index contributed by atoms with van der Waals surface area (Å²) < 4.78 is 9.28. The monoisotopic (exact) mass is 525 g/mol. The number of ether oxygens (including phenoxy) is 1. The number of nitrogens with one attached hydrogen (secondary N) is 1. The van der Waals surface area contributed by atoms with Crippen molar-refractivity contribution in [2.24, 2.45) is 0 Å². The van der Waals surface area contributed by atoms with Crippen LogP contribution >= 0.6 is 11.8 Å². The Morgan fingerprint density at radius 1 is 0.947 bits per heavy atom. The van der Waals surface area contributed by atoms with E-state index in [0.717, 1.165) is 33.7 Å². The Balaban J connectivity index is 1.16. The number of benzene rings is 3. The Bertz CT molecular complexity index is 1510. The molecule has 0 fully saturated rings. The maximum absolute atomic E-state index is 12.7. The second-order valence-electron chi connectivity index (χ2n) is 8.72. The molecule has 1 N–H and O–H groups in total. The minimum Gasteiger partial charge on any atom is -0.489 e. The van der Waals surface area contributed by atoms with Gasteiger partial charge < -0.3 is 10.1 Å². The quantitative estimate of drug-likeness (QED) is 0.261. The lowest BCUT2D eigenvalue weighted by Crippen LogP contribution is -2.18. The highest BCUT2D eigenvalue weighted by atomic mass is 32.2. The van der Waals surface area contributed by atoms with Gasteiger partial charge in [-0.05, 0) is 64.7 Å². The molecule has 5 aromatic rings. The van der Waals surface area contributed by atoms with Gasteiger partial charge in [-0.1, -0.05) is 66.4 Å². The van der Waals surface area contributed by atoms with Crippen molar-refractivity contribution in [2.45, 2.75) is 32.2 Å². The number of amides is 1. The van der Waals surface area contributed by atoms with Crippen molar-refractivity contribution in [2.75, 3.05) is 11.1 Å². The third kappa shape index (κ3) is 6.09. The van der Waals surface area contributed by atoms with Crippen LogP contribution in [0.2, 0.25) is 0 Å². The molecule has 10 heteroatoms. The van der Waals surface area contributed by atoms with Gasteiger partial charge in [0.05, 0.1) is 24.2 Å². The van der Waals surface area contributed by atoms with E-state index in [9.17, 15) is 4.79 Å². The molecule has 0 saturated carbocycles. The summed E-state index contributed by atoms with van der Waals surface area (Å²) in [4.78, 5) is 12.7. The Labute approximate surface area is 224 Å². The third-order valence-corrected chi connectivity index (χ3v) is 6.98. The molecule has 0 atom stereocenters. The molecule has 3 aromatic carbocycles. The largest absolute Gasteiger partial charge is 0.489 e. The standard InChI is InChI=1S/C28H27N7O2S/c1-20-7-6-10-25(21(20)2)35-28(31-32-33-35)38-19-27(36)30-26-15-16-29-34(26)17-22-11-13-24(14-12-22)37-18-23-8-4-3-5-9-23/h3-16H,17-19H2,1-2H3,(H,30,36). The molecule has 2 aromatic heterocycles. The number of anilines is 1. The molecule has 192 valence electrons. The summed E-state index contributed by atoms with van der Waals surface area (Å²) in [5, 5.41) is 19.9.